The average molecular weight is 316 g/mol. The summed E-state index contributed by atoms with van der Waals surface area (Å²) in [5.74, 6) is -0.168. The van der Waals surface area contributed by atoms with Crippen LogP contribution < -0.4 is 4.72 Å². The maximum absolute atomic E-state index is 13.1. The molecule has 0 heterocycles. The van der Waals surface area contributed by atoms with Gasteiger partial charge in [0.1, 0.15) is 23.1 Å². The Morgan fingerprint density at radius 3 is 2.85 bits per heavy atom. The van der Waals surface area contributed by atoms with E-state index in [1.807, 2.05) is 13.0 Å². The number of allylic oxidation sites excluding steroid dienone is 2. The van der Waals surface area contributed by atoms with Crippen molar-refractivity contribution in [1.29, 1.82) is 0 Å². The molecule has 0 bridgehead atoms. The molecule has 5 heteroatoms. The van der Waals surface area contributed by atoms with Gasteiger partial charge in [-0.05, 0) is 41.7 Å². The van der Waals surface area contributed by atoms with Crippen LogP contribution in [-0.4, -0.2) is 11.8 Å². The Morgan fingerprint density at radius 1 is 1.77 bits per heavy atom. The van der Waals surface area contributed by atoms with Gasteiger partial charge in [0.25, 0.3) is 0 Å². The van der Waals surface area contributed by atoms with E-state index in [-0.39, 0.29) is 12.2 Å². The van der Waals surface area contributed by atoms with E-state index in [0.717, 1.165) is 3.58 Å². The molecule has 0 saturated heterocycles. The van der Waals surface area contributed by atoms with Crippen LogP contribution in [0, 0.1) is 0 Å². The lowest BCUT2D eigenvalue weighted by Gasteiger charge is -2.25. The molecule has 74 valence electrons. The summed E-state index contributed by atoms with van der Waals surface area (Å²) in [5, 5.41) is 0. The molecule has 1 aliphatic rings. The molecule has 2 atom stereocenters. The highest BCUT2D eigenvalue weighted by Crippen LogP contribution is 2.29. The monoisotopic (exact) mass is 316 g/mol. The quantitative estimate of drug-likeness (QED) is 0.472. The van der Waals surface area contributed by atoms with Crippen molar-refractivity contribution in [3.05, 3.63) is 21.6 Å². The predicted octanol–water partition coefficient (Wildman–Crippen LogP) is 2.15. The Balaban J connectivity index is 2.83. The molecule has 0 fully saturated rings. The van der Waals surface area contributed by atoms with Crippen LogP contribution in [0.3, 0.4) is 0 Å². The molecule has 0 aromatic rings. The van der Waals surface area contributed by atoms with Gasteiger partial charge in [-0.2, -0.15) is 0 Å². The molecule has 13 heavy (non-hydrogen) atoms. The summed E-state index contributed by atoms with van der Waals surface area (Å²) in [7, 11) is -1.45. The molecular formula is C8H12FINOS+. The van der Waals surface area contributed by atoms with Crippen molar-refractivity contribution in [1.82, 2.24) is 4.72 Å². The minimum absolute atomic E-state index is 0.168. The number of hydrogen-bond donors (Lipinski definition) is 1. The molecule has 2 nitrogen and oxygen atoms in total. The lowest BCUT2D eigenvalue weighted by molar-refractivity contribution is 0.450. The van der Waals surface area contributed by atoms with Crippen LogP contribution in [0.2, 0.25) is 0 Å². The second-order valence-electron chi connectivity index (χ2n) is 3.32. The molecule has 0 radical (unpaired) electrons. The maximum atomic E-state index is 13.1. The molecule has 0 spiro atoms. The molecule has 0 aromatic heterocycles. The van der Waals surface area contributed by atoms with Crippen molar-refractivity contribution < 1.29 is 8.60 Å². The first-order valence-corrected chi connectivity index (χ1v) is 6.63. The molecule has 0 amide bonds. The van der Waals surface area contributed by atoms with Crippen LogP contribution >= 0.6 is 22.6 Å². The third kappa shape index (κ3) is 3.47. The summed E-state index contributed by atoms with van der Waals surface area (Å²) in [5.41, 5.74) is -0.502. The highest BCUT2D eigenvalue weighted by Gasteiger charge is 2.30. The lowest BCUT2D eigenvalue weighted by Crippen LogP contribution is -2.42. The van der Waals surface area contributed by atoms with E-state index in [9.17, 15) is 8.60 Å². The van der Waals surface area contributed by atoms with Crippen LogP contribution in [0.25, 0.3) is 0 Å². The first-order chi connectivity index (χ1) is 5.91. The first-order valence-electron chi connectivity index (χ1n) is 3.84. The summed E-state index contributed by atoms with van der Waals surface area (Å²) in [4.78, 5) is 0. The van der Waals surface area contributed by atoms with E-state index in [0.29, 0.717) is 0 Å². The fourth-order valence-electron chi connectivity index (χ4n) is 1.38. The largest absolute Gasteiger partial charge is 0.212 e. The molecule has 1 rings (SSSR count). The molecule has 2 unspecified atom stereocenters. The molecular weight excluding hydrogens is 304 g/mol. The van der Waals surface area contributed by atoms with E-state index in [1.165, 1.54) is 6.08 Å². The Bertz CT molecular complexity index is 299. The minimum Gasteiger partial charge on any atom is -0.212 e. The van der Waals surface area contributed by atoms with Crippen molar-refractivity contribution >= 4 is 33.6 Å². The Labute approximate surface area is 93.4 Å². The second kappa shape index (κ2) is 4.18. The van der Waals surface area contributed by atoms with Crippen molar-refractivity contribution in [2.75, 3.05) is 6.26 Å². The molecule has 1 N–H and O–H groups in total. The third-order valence-electron chi connectivity index (χ3n) is 1.70. The van der Waals surface area contributed by atoms with Gasteiger partial charge in [0, 0.05) is 10.0 Å². The first kappa shape index (κ1) is 11.3. The Morgan fingerprint density at radius 2 is 2.38 bits per heavy atom. The van der Waals surface area contributed by atoms with Crippen LogP contribution in [0.5, 0.6) is 0 Å². The highest BCUT2D eigenvalue weighted by atomic mass is 127. The van der Waals surface area contributed by atoms with Gasteiger partial charge in [-0.25, -0.2) is 4.39 Å². The zero-order valence-corrected chi connectivity index (χ0v) is 10.5. The fraction of sp³-hybridized carbons (Fsp3) is 0.500. The highest BCUT2D eigenvalue weighted by molar-refractivity contribution is 14.1. The Kier molecular flexibility index (Phi) is 3.64. The van der Waals surface area contributed by atoms with E-state index < -0.39 is 16.5 Å². The van der Waals surface area contributed by atoms with Gasteiger partial charge in [0.2, 0.25) is 0 Å². The van der Waals surface area contributed by atoms with Crippen molar-refractivity contribution in [3.63, 3.8) is 0 Å². The topological polar surface area (TPSA) is 29.1 Å². The van der Waals surface area contributed by atoms with Crippen LogP contribution in [-0.2, 0) is 15.2 Å². The SMILES string of the molecule is C[SH+](=O)NC1(C)C=C(I)C=C(F)C1. The summed E-state index contributed by atoms with van der Waals surface area (Å²) in [6, 6.07) is 0. The lowest BCUT2D eigenvalue weighted by atomic mass is 9.94. The minimum atomic E-state index is -1.45. The van der Waals surface area contributed by atoms with E-state index in [1.54, 1.807) is 6.26 Å². The van der Waals surface area contributed by atoms with Gasteiger partial charge < -0.3 is 0 Å². The smallest absolute Gasteiger partial charge is 0.140 e. The normalized spacial score (nSPS) is 30.8. The zero-order chi connectivity index (χ0) is 10.1. The number of thiol groups is 1. The van der Waals surface area contributed by atoms with Crippen molar-refractivity contribution in [3.8, 4) is 0 Å². The molecule has 0 aliphatic heterocycles. The number of rotatable bonds is 2. The maximum Gasteiger partial charge on any atom is 0.140 e. The van der Waals surface area contributed by atoms with Gasteiger partial charge >= 0.3 is 0 Å². The van der Waals surface area contributed by atoms with Gasteiger partial charge in [-0.15, -0.1) is 4.72 Å². The molecule has 0 saturated carbocycles. The Hall–Kier alpha value is 0.250. The van der Waals surface area contributed by atoms with Crippen LogP contribution in [0.4, 0.5) is 4.39 Å². The van der Waals surface area contributed by atoms with E-state index >= 15 is 0 Å². The van der Waals surface area contributed by atoms with Crippen LogP contribution in [0.1, 0.15) is 13.3 Å². The van der Waals surface area contributed by atoms with Gasteiger partial charge in [0.15, 0.2) is 0 Å². The summed E-state index contributed by atoms with van der Waals surface area (Å²) in [6.07, 6.45) is 5.24. The molecule has 0 aromatic carbocycles. The number of hydrogen-bond acceptors (Lipinski definition) is 1. The average Bonchev–Trinajstić information content (AvgIpc) is 1.77. The third-order valence-corrected chi connectivity index (χ3v) is 3.15. The van der Waals surface area contributed by atoms with Crippen molar-refractivity contribution in [2.45, 2.75) is 18.9 Å². The second-order valence-corrected chi connectivity index (χ2v) is 5.79. The van der Waals surface area contributed by atoms with Crippen molar-refractivity contribution in [2.24, 2.45) is 0 Å². The van der Waals surface area contributed by atoms with Gasteiger partial charge in [-0.1, -0.05) is 4.21 Å². The predicted molar refractivity (Wildman–Crippen MR) is 62.8 cm³/mol. The number of halogens is 2. The molecule has 1 aliphatic carbocycles. The summed E-state index contributed by atoms with van der Waals surface area (Å²) in [6.45, 7) is 1.84. The van der Waals surface area contributed by atoms with Gasteiger partial charge in [-0.3, -0.25) is 0 Å². The zero-order valence-electron chi connectivity index (χ0n) is 7.47. The fourth-order valence-corrected chi connectivity index (χ4v) is 3.27. The van der Waals surface area contributed by atoms with E-state index in [4.69, 9.17) is 0 Å². The van der Waals surface area contributed by atoms with Gasteiger partial charge in [0.05, 0.1) is 5.54 Å². The number of nitrogens with one attached hydrogen (secondary N) is 1. The van der Waals surface area contributed by atoms with E-state index in [2.05, 4.69) is 27.3 Å². The van der Waals surface area contributed by atoms with Crippen LogP contribution in [0.15, 0.2) is 21.6 Å². The standard InChI is InChI=1S/C8H11FINOS/c1-8(11-13(2)12)4-6(9)3-7(10)5-8/h3,5H,4H2,1-2H3,(H,11,12)/p+1. The summed E-state index contributed by atoms with van der Waals surface area (Å²) < 4.78 is 27.8. The summed E-state index contributed by atoms with van der Waals surface area (Å²) >= 11 is 2.05.